The average Bonchev–Trinajstić information content (AvgIpc) is 2.57. The first-order chi connectivity index (χ1) is 11.3. The van der Waals surface area contributed by atoms with E-state index in [1.54, 1.807) is 0 Å². The highest BCUT2D eigenvalue weighted by Crippen LogP contribution is 2.21. The van der Waals surface area contributed by atoms with Crippen LogP contribution in [0.15, 0.2) is 47.4 Å². The van der Waals surface area contributed by atoms with Crippen molar-refractivity contribution in [3.05, 3.63) is 58.9 Å². The van der Waals surface area contributed by atoms with Crippen LogP contribution in [0.4, 0.5) is 10.1 Å². The summed E-state index contributed by atoms with van der Waals surface area (Å²) in [6, 6.07) is 8.92. The van der Waals surface area contributed by atoms with Gasteiger partial charge in [-0.15, -0.1) is 0 Å². The predicted molar refractivity (Wildman–Crippen MR) is 87.8 cm³/mol. The third-order valence-electron chi connectivity index (χ3n) is 3.19. The molecule has 2 rings (SSSR count). The van der Waals surface area contributed by atoms with Gasteiger partial charge in [-0.3, -0.25) is 9.63 Å². The summed E-state index contributed by atoms with van der Waals surface area (Å²) in [5.74, 6) is -1.23. The summed E-state index contributed by atoms with van der Waals surface area (Å²) in [4.78, 5) is 16.7. The summed E-state index contributed by atoms with van der Waals surface area (Å²) in [7, 11) is -1.33. The zero-order valence-electron chi connectivity index (χ0n) is 12.8. The molecule has 0 bridgehead atoms. The monoisotopic (exact) mass is 372 g/mol. The largest absolute Gasteiger partial charge is 0.319 e. The smallest absolute Gasteiger partial charge is 0.264 e. The molecule has 0 saturated carbocycles. The van der Waals surface area contributed by atoms with E-state index < -0.39 is 21.7 Å². The van der Waals surface area contributed by atoms with Crippen LogP contribution in [0.25, 0.3) is 0 Å². The number of hydrogen-bond donors (Lipinski definition) is 1. The van der Waals surface area contributed by atoms with E-state index in [4.69, 9.17) is 11.6 Å². The molecule has 0 atom stereocenters. The van der Waals surface area contributed by atoms with Crippen molar-refractivity contribution in [1.82, 2.24) is 4.47 Å². The fourth-order valence-corrected chi connectivity index (χ4v) is 2.96. The molecule has 0 fully saturated rings. The Bertz CT molecular complexity index is 856. The maximum absolute atomic E-state index is 13.6. The Labute approximate surface area is 143 Å². The SMILES string of the molecule is CON(C)S(=O)(=O)c1ccc(C(=O)Nc2cc(Cl)ccc2F)cc1. The topological polar surface area (TPSA) is 75.7 Å². The molecule has 0 spiro atoms. The highest BCUT2D eigenvalue weighted by Gasteiger charge is 2.21. The molecule has 1 amide bonds. The van der Waals surface area contributed by atoms with Crippen LogP contribution < -0.4 is 5.32 Å². The van der Waals surface area contributed by atoms with Crippen molar-refractivity contribution in [2.24, 2.45) is 0 Å². The summed E-state index contributed by atoms with van der Waals surface area (Å²) in [6.45, 7) is 0. The van der Waals surface area contributed by atoms with Crippen LogP contribution in [0.2, 0.25) is 5.02 Å². The number of nitrogens with one attached hydrogen (secondary N) is 1. The molecule has 0 aliphatic carbocycles. The van der Waals surface area contributed by atoms with E-state index in [1.807, 2.05) is 0 Å². The first-order valence-corrected chi connectivity index (χ1v) is 8.47. The normalized spacial score (nSPS) is 11.5. The molecule has 24 heavy (non-hydrogen) atoms. The Morgan fingerprint density at radius 3 is 2.42 bits per heavy atom. The van der Waals surface area contributed by atoms with Gasteiger partial charge in [-0.1, -0.05) is 16.1 Å². The van der Waals surface area contributed by atoms with Gasteiger partial charge in [0.2, 0.25) is 0 Å². The number of carbonyl (C=O) groups excluding carboxylic acids is 1. The van der Waals surface area contributed by atoms with Gasteiger partial charge in [0.1, 0.15) is 5.82 Å². The number of anilines is 1. The van der Waals surface area contributed by atoms with Crippen LogP contribution in [-0.4, -0.2) is 33.0 Å². The molecule has 0 unspecified atom stereocenters. The molecule has 0 saturated heterocycles. The first kappa shape index (κ1) is 18.3. The number of rotatable bonds is 5. The van der Waals surface area contributed by atoms with E-state index >= 15 is 0 Å². The van der Waals surface area contributed by atoms with Gasteiger partial charge in [-0.25, -0.2) is 12.8 Å². The van der Waals surface area contributed by atoms with Gasteiger partial charge in [-0.2, -0.15) is 0 Å². The average molecular weight is 373 g/mol. The van der Waals surface area contributed by atoms with Gasteiger partial charge in [0, 0.05) is 17.6 Å². The third kappa shape index (κ3) is 3.90. The number of sulfonamides is 1. The summed E-state index contributed by atoms with van der Waals surface area (Å²) >= 11 is 5.76. The van der Waals surface area contributed by atoms with Gasteiger partial charge in [-0.05, 0) is 42.5 Å². The number of benzene rings is 2. The van der Waals surface area contributed by atoms with Gasteiger partial charge < -0.3 is 5.32 Å². The fraction of sp³-hybridized carbons (Fsp3) is 0.133. The van der Waals surface area contributed by atoms with Crippen molar-refractivity contribution >= 4 is 33.2 Å². The summed E-state index contributed by atoms with van der Waals surface area (Å²) in [5.41, 5.74) is 0.0942. The molecule has 2 aromatic carbocycles. The molecule has 1 N–H and O–H groups in total. The number of hydrogen-bond acceptors (Lipinski definition) is 4. The summed E-state index contributed by atoms with van der Waals surface area (Å²) in [5, 5.41) is 2.65. The number of carbonyl (C=O) groups is 1. The second kappa shape index (κ2) is 7.27. The summed E-state index contributed by atoms with van der Waals surface area (Å²) in [6.07, 6.45) is 0. The molecule has 0 aromatic heterocycles. The predicted octanol–water partition coefficient (Wildman–Crippen LogP) is 2.91. The van der Waals surface area contributed by atoms with Crippen molar-refractivity contribution < 1.29 is 22.4 Å². The zero-order chi connectivity index (χ0) is 17.9. The second-order valence-corrected chi connectivity index (χ2v) is 7.07. The Kier molecular flexibility index (Phi) is 5.55. The van der Waals surface area contributed by atoms with Crippen LogP contribution in [0.5, 0.6) is 0 Å². The molecule has 2 aromatic rings. The quantitative estimate of drug-likeness (QED) is 0.819. The van der Waals surface area contributed by atoms with E-state index in [-0.39, 0.29) is 21.2 Å². The lowest BCUT2D eigenvalue weighted by Gasteiger charge is -2.14. The molecule has 0 aliphatic rings. The molecule has 6 nitrogen and oxygen atoms in total. The van der Waals surface area contributed by atoms with Crippen LogP contribution in [0.1, 0.15) is 10.4 Å². The Morgan fingerprint density at radius 1 is 1.21 bits per heavy atom. The molecule has 0 aliphatic heterocycles. The molecule has 0 radical (unpaired) electrons. The third-order valence-corrected chi connectivity index (χ3v) is 5.12. The Balaban J connectivity index is 2.22. The van der Waals surface area contributed by atoms with Crippen LogP contribution >= 0.6 is 11.6 Å². The highest BCUT2D eigenvalue weighted by atomic mass is 35.5. The van der Waals surface area contributed by atoms with Crippen molar-refractivity contribution in [3.63, 3.8) is 0 Å². The lowest BCUT2D eigenvalue weighted by atomic mass is 10.2. The minimum Gasteiger partial charge on any atom is -0.319 e. The molecular weight excluding hydrogens is 359 g/mol. The van der Waals surface area contributed by atoms with Crippen molar-refractivity contribution in [3.8, 4) is 0 Å². The van der Waals surface area contributed by atoms with Gasteiger partial charge >= 0.3 is 0 Å². The van der Waals surface area contributed by atoms with Crippen molar-refractivity contribution in [2.45, 2.75) is 4.90 Å². The summed E-state index contributed by atoms with van der Waals surface area (Å²) < 4.78 is 38.4. The van der Waals surface area contributed by atoms with E-state index in [1.165, 1.54) is 50.6 Å². The van der Waals surface area contributed by atoms with Crippen molar-refractivity contribution in [2.75, 3.05) is 19.5 Å². The number of hydroxylamine groups is 1. The van der Waals surface area contributed by atoms with E-state index in [2.05, 4.69) is 10.2 Å². The number of amides is 1. The van der Waals surface area contributed by atoms with Gasteiger partial charge in [0.05, 0.1) is 17.7 Å². The van der Waals surface area contributed by atoms with Crippen LogP contribution in [0.3, 0.4) is 0 Å². The zero-order valence-corrected chi connectivity index (χ0v) is 14.4. The molecule has 0 heterocycles. The minimum absolute atomic E-state index is 0.0441. The molecular formula is C15H14ClFN2O4S. The van der Waals surface area contributed by atoms with Gasteiger partial charge in [0.15, 0.2) is 0 Å². The molecule has 9 heteroatoms. The molecule has 128 valence electrons. The van der Waals surface area contributed by atoms with Gasteiger partial charge in [0.25, 0.3) is 15.9 Å². The van der Waals surface area contributed by atoms with E-state index in [9.17, 15) is 17.6 Å². The first-order valence-electron chi connectivity index (χ1n) is 6.65. The van der Waals surface area contributed by atoms with E-state index in [0.29, 0.717) is 4.47 Å². The van der Waals surface area contributed by atoms with E-state index in [0.717, 1.165) is 6.07 Å². The van der Waals surface area contributed by atoms with Crippen LogP contribution in [0, 0.1) is 5.82 Å². The second-order valence-electron chi connectivity index (χ2n) is 4.70. The maximum atomic E-state index is 13.6. The Morgan fingerprint density at radius 2 is 1.83 bits per heavy atom. The maximum Gasteiger partial charge on any atom is 0.264 e. The minimum atomic E-state index is -3.80. The van der Waals surface area contributed by atoms with Crippen LogP contribution in [-0.2, 0) is 14.9 Å². The van der Waals surface area contributed by atoms with Crippen molar-refractivity contribution in [1.29, 1.82) is 0 Å². The Hall–Kier alpha value is -2.00. The standard InChI is InChI=1S/C15H14ClFN2O4S/c1-19(23-2)24(21,22)12-6-3-10(4-7-12)15(20)18-14-9-11(16)5-8-13(14)17/h3-9H,1-2H3,(H,18,20). The number of nitrogens with zero attached hydrogens (tertiary/aromatic N) is 1. The lowest BCUT2D eigenvalue weighted by molar-refractivity contribution is -0.0258. The number of halogens is 2. The highest BCUT2D eigenvalue weighted by molar-refractivity contribution is 7.89. The lowest BCUT2D eigenvalue weighted by Crippen LogP contribution is -2.25. The fourth-order valence-electron chi connectivity index (χ4n) is 1.81.